The van der Waals surface area contributed by atoms with Crippen molar-refractivity contribution in [1.29, 1.82) is 0 Å². The van der Waals surface area contributed by atoms with Crippen molar-refractivity contribution in [2.75, 3.05) is 12.9 Å². The van der Waals surface area contributed by atoms with E-state index in [1.165, 1.54) is 10.6 Å². The Morgan fingerprint density at radius 3 is 2.31 bits per heavy atom. The molecule has 0 N–H and O–H groups in total. The van der Waals surface area contributed by atoms with E-state index in [1.807, 2.05) is 6.26 Å². The number of thioether (sulfide) groups is 1. The van der Waals surface area contributed by atoms with Crippen molar-refractivity contribution in [1.82, 2.24) is 0 Å². The molecule has 16 heavy (non-hydrogen) atoms. The van der Waals surface area contributed by atoms with Crippen LogP contribution in [0.4, 0.5) is 0 Å². The van der Waals surface area contributed by atoms with Crippen molar-refractivity contribution in [2.24, 2.45) is 0 Å². The number of hydrogen-bond acceptors (Lipinski definition) is 3. The number of halogens is 1. The number of ether oxygens (including phenoxy) is 1. The van der Waals surface area contributed by atoms with Crippen LogP contribution in [-0.2, 0) is 9.53 Å². The maximum atomic E-state index is 11.1. The van der Waals surface area contributed by atoms with Crippen LogP contribution < -0.4 is 0 Å². The first-order chi connectivity index (χ1) is 7.32. The molecule has 0 radical (unpaired) electrons. The third-order valence-electron chi connectivity index (χ3n) is 1.75. The van der Waals surface area contributed by atoms with Crippen LogP contribution in [0.5, 0.6) is 0 Å². The molecule has 0 saturated heterocycles. The highest BCUT2D eigenvalue weighted by molar-refractivity contribution is 8.04. The van der Waals surface area contributed by atoms with Crippen molar-refractivity contribution in [2.45, 2.75) is 26.6 Å². The number of carbonyl (C=O) groups is 1. The lowest BCUT2D eigenvalue weighted by atomic mass is 10.5. The van der Waals surface area contributed by atoms with E-state index >= 15 is 0 Å². The monoisotopic (exact) mass is 278 g/mol. The molecule has 0 rings (SSSR count). The second-order valence-electron chi connectivity index (χ2n) is 4.22. The molecule has 0 spiro atoms. The minimum atomic E-state index is -1.43. The standard InChI is InChI=1S/C11H19ClO2SSi/c1-6-14-10(13)8-7-9(12)11(15-2)16(3,4)5/h7-8H,6H2,1-5H3/b8-7+,11-9-. The normalized spacial score (nSPS) is 13.9. The number of allylic oxidation sites excluding steroid dienone is 2. The van der Waals surface area contributed by atoms with Gasteiger partial charge in [-0.05, 0) is 23.8 Å². The molecule has 0 bridgehead atoms. The van der Waals surface area contributed by atoms with Crippen LogP contribution >= 0.6 is 23.4 Å². The van der Waals surface area contributed by atoms with Crippen LogP contribution in [0.25, 0.3) is 0 Å². The predicted octanol–water partition coefficient (Wildman–Crippen LogP) is 3.80. The molecule has 0 aliphatic carbocycles. The molecule has 0 amide bonds. The average molecular weight is 279 g/mol. The molecule has 92 valence electrons. The lowest BCUT2D eigenvalue weighted by molar-refractivity contribution is -0.137. The second-order valence-corrected chi connectivity index (χ2v) is 10.8. The van der Waals surface area contributed by atoms with Crippen molar-refractivity contribution in [3.63, 3.8) is 0 Å². The Hall–Kier alpha value is -0.193. The fraction of sp³-hybridized carbons (Fsp3) is 0.545. The maximum Gasteiger partial charge on any atom is 0.330 e. The summed E-state index contributed by atoms with van der Waals surface area (Å²) in [5.41, 5.74) is 0. The van der Waals surface area contributed by atoms with Gasteiger partial charge in [-0.2, -0.15) is 0 Å². The average Bonchev–Trinajstić information content (AvgIpc) is 2.14. The van der Waals surface area contributed by atoms with Gasteiger partial charge in [-0.1, -0.05) is 31.2 Å². The van der Waals surface area contributed by atoms with Crippen molar-refractivity contribution in [3.8, 4) is 0 Å². The third-order valence-corrected chi connectivity index (χ3v) is 7.05. The molecular weight excluding hydrogens is 260 g/mol. The molecule has 5 heteroatoms. The number of rotatable bonds is 5. The molecule has 0 aromatic carbocycles. The molecular formula is C11H19ClO2SSi. The summed E-state index contributed by atoms with van der Waals surface area (Å²) in [5.74, 6) is -0.350. The van der Waals surface area contributed by atoms with Gasteiger partial charge in [-0.3, -0.25) is 0 Å². The Labute approximate surface area is 108 Å². The van der Waals surface area contributed by atoms with Gasteiger partial charge in [0.2, 0.25) is 0 Å². The van der Waals surface area contributed by atoms with Crippen LogP contribution in [0.15, 0.2) is 21.7 Å². The van der Waals surface area contributed by atoms with E-state index in [0.29, 0.717) is 11.6 Å². The largest absolute Gasteiger partial charge is 0.463 e. The van der Waals surface area contributed by atoms with E-state index in [-0.39, 0.29) is 5.97 Å². The van der Waals surface area contributed by atoms with Gasteiger partial charge in [0.15, 0.2) is 0 Å². The van der Waals surface area contributed by atoms with E-state index < -0.39 is 8.07 Å². The Morgan fingerprint density at radius 2 is 1.94 bits per heavy atom. The van der Waals surface area contributed by atoms with Gasteiger partial charge >= 0.3 is 5.97 Å². The Balaban J connectivity index is 4.81. The number of esters is 1. The van der Waals surface area contributed by atoms with Crippen molar-refractivity contribution < 1.29 is 9.53 Å². The minimum Gasteiger partial charge on any atom is -0.463 e. The van der Waals surface area contributed by atoms with Gasteiger partial charge in [-0.25, -0.2) is 4.79 Å². The molecule has 0 aromatic heterocycles. The van der Waals surface area contributed by atoms with Gasteiger partial charge in [0.1, 0.15) is 0 Å². The molecule has 2 nitrogen and oxygen atoms in total. The van der Waals surface area contributed by atoms with E-state index in [9.17, 15) is 4.79 Å². The van der Waals surface area contributed by atoms with E-state index in [0.717, 1.165) is 0 Å². The summed E-state index contributed by atoms with van der Waals surface area (Å²) in [7, 11) is -1.43. The maximum absolute atomic E-state index is 11.1. The topological polar surface area (TPSA) is 26.3 Å². The van der Waals surface area contributed by atoms with Crippen LogP contribution in [0.2, 0.25) is 19.6 Å². The highest BCUT2D eigenvalue weighted by Crippen LogP contribution is 2.30. The van der Waals surface area contributed by atoms with Gasteiger partial charge < -0.3 is 4.74 Å². The Kier molecular flexibility index (Phi) is 7.11. The zero-order valence-electron chi connectivity index (χ0n) is 10.5. The molecule has 0 aliphatic rings. The van der Waals surface area contributed by atoms with Crippen molar-refractivity contribution >= 4 is 37.4 Å². The van der Waals surface area contributed by atoms with Gasteiger partial charge in [0, 0.05) is 11.1 Å². The Morgan fingerprint density at radius 1 is 1.38 bits per heavy atom. The fourth-order valence-corrected chi connectivity index (χ4v) is 5.83. The lowest BCUT2D eigenvalue weighted by Gasteiger charge is -2.19. The number of carbonyl (C=O) groups excluding carboxylic acids is 1. The minimum absolute atomic E-state index is 0.350. The summed E-state index contributed by atoms with van der Waals surface area (Å²) < 4.78 is 5.98. The first-order valence-electron chi connectivity index (χ1n) is 5.12. The highest BCUT2D eigenvalue weighted by atomic mass is 35.5. The van der Waals surface area contributed by atoms with E-state index in [2.05, 4.69) is 19.6 Å². The molecule has 0 fully saturated rings. The fourth-order valence-electron chi connectivity index (χ4n) is 1.17. The van der Waals surface area contributed by atoms with Crippen LogP contribution in [0.1, 0.15) is 6.92 Å². The first kappa shape index (κ1) is 15.8. The Bertz CT molecular complexity index is 306. The van der Waals surface area contributed by atoms with Crippen LogP contribution in [0, 0.1) is 0 Å². The summed E-state index contributed by atoms with van der Waals surface area (Å²) in [5, 5.41) is 0.653. The zero-order valence-corrected chi connectivity index (χ0v) is 13.0. The van der Waals surface area contributed by atoms with E-state index in [4.69, 9.17) is 16.3 Å². The first-order valence-corrected chi connectivity index (χ1v) is 10.2. The molecule has 0 unspecified atom stereocenters. The summed E-state index contributed by atoms with van der Waals surface area (Å²) in [6.07, 6.45) is 5.01. The molecule has 0 atom stereocenters. The zero-order chi connectivity index (χ0) is 12.8. The third kappa shape index (κ3) is 5.77. The summed E-state index contributed by atoms with van der Waals surface area (Å²) in [6, 6.07) is 0. The predicted molar refractivity (Wildman–Crippen MR) is 75.5 cm³/mol. The van der Waals surface area contributed by atoms with E-state index in [1.54, 1.807) is 24.8 Å². The molecule has 0 saturated carbocycles. The summed E-state index contributed by atoms with van der Waals surface area (Å²) >= 11 is 7.83. The van der Waals surface area contributed by atoms with Gasteiger partial charge in [-0.15, -0.1) is 11.8 Å². The van der Waals surface area contributed by atoms with Gasteiger partial charge in [0.05, 0.1) is 14.7 Å². The van der Waals surface area contributed by atoms with Crippen LogP contribution in [0.3, 0.4) is 0 Å². The molecule has 0 heterocycles. The molecule has 0 aliphatic heterocycles. The summed E-state index contributed by atoms with van der Waals surface area (Å²) in [6.45, 7) is 8.82. The second kappa shape index (κ2) is 7.19. The molecule has 0 aromatic rings. The number of hydrogen-bond donors (Lipinski definition) is 0. The SMILES string of the molecule is CCOC(=O)/C=C/C(Cl)=C(\SC)[Si](C)(C)C. The smallest absolute Gasteiger partial charge is 0.330 e. The van der Waals surface area contributed by atoms with Crippen LogP contribution in [-0.4, -0.2) is 26.9 Å². The lowest BCUT2D eigenvalue weighted by Crippen LogP contribution is -2.22. The quantitative estimate of drug-likeness (QED) is 0.331. The summed E-state index contributed by atoms with van der Waals surface area (Å²) in [4.78, 5) is 11.1. The highest BCUT2D eigenvalue weighted by Gasteiger charge is 2.21. The van der Waals surface area contributed by atoms with Gasteiger partial charge in [0.25, 0.3) is 0 Å². The van der Waals surface area contributed by atoms with Crippen molar-refractivity contribution in [3.05, 3.63) is 21.7 Å².